The number of carbonyl (C=O) groups excluding carboxylic acids is 5. The Bertz CT molecular complexity index is 3180. The molecular weight excluding hydrogens is 1060 g/mol. The van der Waals surface area contributed by atoms with Gasteiger partial charge >= 0.3 is 0 Å². The monoisotopic (exact) mass is 1140 g/mol. The number of likely N-dealkylation sites (N-methyl/N-ethyl adjacent to an activating group) is 2. The maximum Gasteiger partial charge on any atom is 0.254 e. The predicted octanol–water partition coefficient (Wildman–Crippen LogP) is 6.15. The van der Waals surface area contributed by atoms with Gasteiger partial charge in [0.15, 0.2) is 0 Å². The van der Waals surface area contributed by atoms with Gasteiger partial charge in [0.25, 0.3) is 5.91 Å². The number of nitrogen functional groups attached to an aromatic ring is 1. The SMILES string of the molecule is CN[C@@H](C)C(=O)NC(C(=O)N1Cc2cc(OCCOCCOCCC(=O)N(C)CCn3nc4c(c3OC)-c3cnc(N)c(c3)N3CCC[C@@H]3c3cc(F)ccc3C(=O)N(C)C4)ccc2C[C@H]1C(=O)N[C@@H]1CCCc2ccccc21)C(C)(C)C. The summed E-state index contributed by atoms with van der Waals surface area (Å²) in [5, 5.41) is 14.2. The second-order valence-electron chi connectivity index (χ2n) is 23.2. The van der Waals surface area contributed by atoms with Crippen LogP contribution in [0.5, 0.6) is 11.6 Å². The molecule has 3 aromatic carbocycles. The van der Waals surface area contributed by atoms with E-state index >= 15 is 0 Å². The average molecular weight is 1140 g/mol. The standard InChI is InChI=1S/C62H80FN11O9/c1-38(65-5)57(76)68-55(62(2,3)4)60(79)73-36-42-31-44(20-18-40(42)32-52(73)58(77)67-48-16-11-14-39-13-9-10-15-45(39)48)83-30-29-82-28-27-81-26-22-53(75)70(6)24-25-74-61(80-8)54-41-33-51(56(64)66-35-41)72-23-12-17-50(72)47-34-43(63)19-21-46(47)59(78)71(7)37-49(54)69-74/h9-10,13,15,18-21,31,33-35,38,48,50,52,55,65H,11-12,14,16-17,22-30,32,36-37H2,1-8H3,(H2,64,66)(H,67,77)(H,68,76)/t38-,48+,50+,52-,55?/m0/s1. The third kappa shape index (κ3) is 13.6. The largest absolute Gasteiger partial charge is 0.491 e. The molecule has 4 aliphatic rings. The summed E-state index contributed by atoms with van der Waals surface area (Å²) in [5.74, 6) is -0.336. The first-order chi connectivity index (χ1) is 39.8. The van der Waals surface area contributed by atoms with E-state index < -0.39 is 29.4 Å². The van der Waals surface area contributed by atoms with Crippen molar-refractivity contribution in [1.29, 1.82) is 0 Å². The summed E-state index contributed by atoms with van der Waals surface area (Å²) in [6.07, 6.45) is 6.34. The number of aromatic nitrogens is 3. The van der Waals surface area contributed by atoms with E-state index in [0.717, 1.165) is 42.4 Å². The number of carbonyl (C=O) groups is 5. The molecule has 5 aromatic rings. The van der Waals surface area contributed by atoms with Crippen LogP contribution in [0.2, 0.25) is 0 Å². The number of nitrogens with one attached hydrogen (secondary N) is 3. The number of rotatable bonds is 20. The Kier molecular flexibility index (Phi) is 19.0. The van der Waals surface area contributed by atoms with Gasteiger partial charge in [-0.3, -0.25) is 24.0 Å². The van der Waals surface area contributed by atoms with Crippen LogP contribution in [0.4, 0.5) is 15.9 Å². The topological polar surface area (TPSA) is 228 Å². The zero-order valence-electron chi connectivity index (χ0n) is 49.1. The minimum absolute atomic E-state index is 0.116. The summed E-state index contributed by atoms with van der Waals surface area (Å²) in [5.41, 5.74) is 13.6. The van der Waals surface area contributed by atoms with Gasteiger partial charge in [-0.25, -0.2) is 14.1 Å². The Labute approximate surface area is 485 Å². The first kappa shape index (κ1) is 60.0. The van der Waals surface area contributed by atoms with Crippen molar-refractivity contribution < 1.29 is 47.3 Å². The van der Waals surface area contributed by atoms with Crippen molar-refractivity contribution >= 4 is 41.0 Å². The summed E-state index contributed by atoms with van der Waals surface area (Å²) >= 11 is 0. The molecule has 21 heteroatoms. The fraction of sp³-hybridized carbons (Fsp3) is 0.500. The maximum atomic E-state index is 14.8. The number of methoxy groups -OCH3 is 1. The van der Waals surface area contributed by atoms with Crippen LogP contribution in [0.25, 0.3) is 11.1 Å². The molecule has 2 aromatic heterocycles. The van der Waals surface area contributed by atoms with E-state index in [1.807, 2.05) is 57.2 Å². The van der Waals surface area contributed by atoms with Gasteiger partial charge in [-0.1, -0.05) is 51.1 Å². The van der Waals surface area contributed by atoms with Crippen LogP contribution in [0.3, 0.4) is 0 Å². The number of anilines is 2. The minimum Gasteiger partial charge on any atom is -0.491 e. The lowest BCUT2D eigenvalue weighted by atomic mass is 9.83. The molecule has 444 valence electrons. The molecule has 0 radical (unpaired) electrons. The highest BCUT2D eigenvalue weighted by atomic mass is 19.1. The number of benzene rings is 3. The molecule has 83 heavy (non-hydrogen) atoms. The molecule has 1 saturated heterocycles. The lowest BCUT2D eigenvalue weighted by Crippen LogP contribution is -2.62. The third-order valence-corrected chi connectivity index (χ3v) is 16.5. The smallest absolute Gasteiger partial charge is 0.254 e. The van der Waals surface area contributed by atoms with Crippen molar-refractivity contribution in [2.24, 2.45) is 5.41 Å². The number of nitrogens with zero attached hydrogens (tertiary/aromatic N) is 7. The number of fused-ring (bicyclic) bond motifs is 10. The minimum atomic E-state index is -0.903. The van der Waals surface area contributed by atoms with E-state index in [1.54, 1.807) is 66.8 Å². The highest BCUT2D eigenvalue weighted by molar-refractivity contribution is 5.97. The number of pyridine rings is 1. The summed E-state index contributed by atoms with van der Waals surface area (Å²) in [4.78, 5) is 81.3. The molecule has 0 saturated carbocycles. The summed E-state index contributed by atoms with van der Waals surface area (Å²) in [7, 11) is 6.66. The molecule has 2 bridgehead atoms. The van der Waals surface area contributed by atoms with Gasteiger partial charge < -0.3 is 60.2 Å². The van der Waals surface area contributed by atoms with Crippen LogP contribution < -0.4 is 36.1 Å². The van der Waals surface area contributed by atoms with Gasteiger partial charge in [-0.15, -0.1) is 0 Å². The van der Waals surface area contributed by atoms with E-state index in [9.17, 15) is 28.4 Å². The third-order valence-electron chi connectivity index (χ3n) is 16.5. The lowest BCUT2D eigenvalue weighted by Gasteiger charge is -2.41. The molecule has 5 heterocycles. The second kappa shape index (κ2) is 26.3. The summed E-state index contributed by atoms with van der Waals surface area (Å²) in [6.45, 7) is 10.2. The van der Waals surface area contributed by atoms with Crippen molar-refractivity contribution in [3.63, 3.8) is 0 Å². The van der Waals surface area contributed by atoms with Crippen molar-refractivity contribution in [2.75, 3.05) is 85.0 Å². The number of halogens is 1. The van der Waals surface area contributed by atoms with Crippen LogP contribution in [0, 0.1) is 11.2 Å². The molecular formula is C62H80FN11O9. The Balaban J connectivity index is 0.760. The molecule has 1 unspecified atom stereocenters. The second-order valence-corrected chi connectivity index (χ2v) is 23.2. The van der Waals surface area contributed by atoms with Crippen LogP contribution in [0.15, 0.2) is 72.9 Å². The molecule has 1 fully saturated rings. The van der Waals surface area contributed by atoms with Crippen molar-refractivity contribution in [3.05, 3.63) is 118 Å². The molecule has 3 aliphatic heterocycles. The van der Waals surface area contributed by atoms with Crippen molar-refractivity contribution in [1.82, 2.24) is 45.4 Å². The van der Waals surface area contributed by atoms with Crippen LogP contribution in [-0.2, 0) is 61.1 Å². The quantitative estimate of drug-likeness (QED) is 0.0642. The highest BCUT2D eigenvalue weighted by Crippen LogP contribution is 2.44. The van der Waals surface area contributed by atoms with Crippen LogP contribution in [-0.4, -0.2) is 152 Å². The van der Waals surface area contributed by atoms with E-state index in [4.69, 9.17) is 29.8 Å². The molecule has 5 atom stereocenters. The normalized spacial score (nSPS) is 18.3. The maximum absolute atomic E-state index is 14.8. The average Bonchev–Trinajstić information content (AvgIpc) is 2.39. The van der Waals surface area contributed by atoms with Gasteiger partial charge in [-0.05, 0) is 116 Å². The summed E-state index contributed by atoms with van der Waals surface area (Å²) < 4.78 is 40.2. The number of hydrogen-bond donors (Lipinski definition) is 4. The number of aryl methyl sites for hydroxylation is 1. The van der Waals surface area contributed by atoms with Crippen molar-refractivity contribution in [2.45, 2.75) is 122 Å². The Morgan fingerprint density at radius 3 is 2.46 bits per heavy atom. The molecule has 0 spiro atoms. The number of amides is 5. The van der Waals surface area contributed by atoms with Gasteiger partial charge in [-0.2, -0.15) is 5.10 Å². The lowest BCUT2D eigenvalue weighted by molar-refractivity contribution is -0.147. The molecule has 5 N–H and O–H groups in total. The van der Waals surface area contributed by atoms with Gasteiger partial charge in [0.05, 0.1) is 88.1 Å². The van der Waals surface area contributed by atoms with E-state index in [0.29, 0.717) is 77.0 Å². The van der Waals surface area contributed by atoms with Crippen LogP contribution in [0.1, 0.15) is 116 Å². The first-order valence-corrected chi connectivity index (χ1v) is 28.9. The summed E-state index contributed by atoms with van der Waals surface area (Å²) in [6, 6.07) is 17.5. The first-order valence-electron chi connectivity index (χ1n) is 28.9. The highest BCUT2D eigenvalue weighted by Gasteiger charge is 2.43. The Hall–Kier alpha value is -7.62. The van der Waals surface area contributed by atoms with Gasteiger partial charge in [0.2, 0.25) is 29.5 Å². The molecule has 9 rings (SSSR count). The molecule has 1 aliphatic carbocycles. The Morgan fingerprint density at radius 2 is 1.69 bits per heavy atom. The zero-order chi connectivity index (χ0) is 59.1. The number of ether oxygens (including phenoxy) is 4. The predicted molar refractivity (Wildman–Crippen MR) is 312 cm³/mol. The van der Waals surface area contributed by atoms with Gasteiger partial charge in [0.1, 0.15) is 36.1 Å². The number of hydrogen-bond acceptors (Lipinski definition) is 14. The molecule has 20 nitrogen and oxygen atoms in total. The fourth-order valence-electron chi connectivity index (χ4n) is 11.7. The number of nitrogens with two attached hydrogens (primary N) is 1. The van der Waals surface area contributed by atoms with Crippen molar-refractivity contribution in [3.8, 4) is 22.8 Å². The van der Waals surface area contributed by atoms with E-state index in [-0.39, 0.29) is 101 Å². The van der Waals surface area contributed by atoms with Gasteiger partial charge in [0, 0.05) is 57.5 Å². The van der Waals surface area contributed by atoms with E-state index in [2.05, 4.69) is 38.0 Å². The zero-order valence-corrected chi connectivity index (χ0v) is 49.1. The van der Waals surface area contributed by atoms with Crippen LogP contribution >= 0.6 is 0 Å². The fourth-order valence-corrected chi connectivity index (χ4v) is 11.7. The Morgan fingerprint density at radius 1 is 0.916 bits per heavy atom. The van der Waals surface area contributed by atoms with E-state index in [1.165, 1.54) is 17.7 Å². The molecule has 5 amide bonds.